The molecule has 6 rings (SSSR count). The molecule has 1 amide bonds. The van der Waals surface area contributed by atoms with Crippen molar-refractivity contribution in [3.8, 4) is 22.8 Å². The number of rotatable bonds is 4. The van der Waals surface area contributed by atoms with Crippen molar-refractivity contribution in [2.45, 2.75) is 20.4 Å². The summed E-state index contributed by atoms with van der Waals surface area (Å²) >= 11 is 0. The summed E-state index contributed by atoms with van der Waals surface area (Å²) in [5, 5.41) is 0.915. The number of carbonyl (C=O) groups is 1. The molecule has 2 aliphatic heterocycles. The molecule has 1 aromatic heterocycles. The number of hydrogen-bond acceptors (Lipinski definition) is 5. The number of hydrogen-bond donors (Lipinski definition) is 0. The Bertz CT molecular complexity index is 1440. The molecule has 36 heavy (non-hydrogen) atoms. The molecule has 6 heteroatoms. The van der Waals surface area contributed by atoms with Crippen LogP contribution in [0, 0.1) is 13.8 Å². The van der Waals surface area contributed by atoms with Crippen LogP contribution in [0.15, 0.2) is 66.7 Å². The van der Waals surface area contributed by atoms with Gasteiger partial charge in [0.15, 0.2) is 11.5 Å². The first-order valence-electron chi connectivity index (χ1n) is 12.4. The number of aryl methyl sites for hydroxylation is 2. The van der Waals surface area contributed by atoms with Crippen molar-refractivity contribution in [2.24, 2.45) is 0 Å². The van der Waals surface area contributed by atoms with Crippen LogP contribution in [0.1, 0.15) is 27.0 Å². The Balaban J connectivity index is 1.22. The molecule has 0 N–H and O–H groups in total. The number of fused-ring (bicyclic) bond motifs is 2. The van der Waals surface area contributed by atoms with Crippen LogP contribution in [0.2, 0.25) is 0 Å². The summed E-state index contributed by atoms with van der Waals surface area (Å²) in [7, 11) is 0. The fourth-order valence-electron chi connectivity index (χ4n) is 4.97. The van der Waals surface area contributed by atoms with Gasteiger partial charge >= 0.3 is 0 Å². The highest BCUT2D eigenvalue weighted by molar-refractivity contribution is 6.07. The minimum atomic E-state index is 0.0732. The lowest BCUT2D eigenvalue weighted by Gasteiger charge is -2.35. The third-order valence-electron chi connectivity index (χ3n) is 7.04. The molecule has 2 aliphatic rings. The van der Waals surface area contributed by atoms with E-state index in [4.69, 9.17) is 14.5 Å². The predicted molar refractivity (Wildman–Crippen MR) is 140 cm³/mol. The fourth-order valence-corrected chi connectivity index (χ4v) is 4.97. The molecule has 6 nitrogen and oxygen atoms in total. The standard InChI is InChI=1S/C30H29N3O3/c1-20-3-7-23(8-4-20)27-17-25(24-15-21(2)5-9-26(24)31-27)30(34)33-13-11-32(12-14-33)18-22-6-10-28-29(16-22)36-19-35-28/h3-10,15-17H,11-14,18-19H2,1-2H3. The normalized spacial score (nSPS) is 15.4. The molecular weight excluding hydrogens is 450 g/mol. The molecule has 0 bridgehead atoms. The molecule has 0 saturated carbocycles. The SMILES string of the molecule is Cc1ccc(-c2cc(C(=O)N3CCN(Cc4ccc5c(c4)OCO5)CC3)c3cc(C)ccc3n2)cc1. The first kappa shape index (κ1) is 22.6. The van der Waals surface area contributed by atoms with Crippen molar-refractivity contribution in [3.63, 3.8) is 0 Å². The average Bonchev–Trinajstić information content (AvgIpc) is 3.37. The van der Waals surface area contributed by atoms with Gasteiger partial charge in [0, 0.05) is 43.7 Å². The maximum absolute atomic E-state index is 13.8. The molecule has 1 fully saturated rings. The van der Waals surface area contributed by atoms with Gasteiger partial charge in [0.2, 0.25) is 6.79 Å². The lowest BCUT2D eigenvalue weighted by molar-refractivity contribution is 0.0630. The van der Waals surface area contributed by atoms with E-state index in [0.29, 0.717) is 13.1 Å². The van der Waals surface area contributed by atoms with Crippen LogP contribution in [-0.4, -0.2) is 53.7 Å². The topological polar surface area (TPSA) is 54.9 Å². The summed E-state index contributed by atoms with van der Waals surface area (Å²) in [5.74, 6) is 1.69. The van der Waals surface area contributed by atoms with Crippen LogP contribution in [0.3, 0.4) is 0 Å². The number of pyridine rings is 1. The number of ether oxygens (including phenoxy) is 2. The van der Waals surface area contributed by atoms with Gasteiger partial charge in [0.05, 0.1) is 16.8 Å². The molecule has 3 heterocycles. The van der Waals surface area contributed by atoms with Gasteiger partial charge < -0.3 is 14.4 Å². The summed E-state index contributed by atoms with van der Waals surface area (Å²) in [6.45, 7) is 8.28. The van der Waals surface area contributed by atoms with E-state index in [0.717, 1.165) is 64.4 Å². The van der Waals surface area contributed by atoms with Crippen LogP contribution in [0.5, 0.6) is 11.5 Å². The zero-order chi connectivity index (χ0) is 24.6. The number of amides is 1. The minimum absolute atomic E-state index is 0.0732. The Morgan fingerprint density at radius 1 is 0.833 bits per heavy atom. The average molecular weight is 480 g/mol. The molecule has 1 saturated heterocycles. The van der Waals surface area contributed by atoms with E-state index in [-0.39, 0.29) is 12.7 Å². The van der Waals surface area contributed by atoms with Gasteiger partial charge in [0.25, 0.3) is 5.91 Å². The van der Waals surface area contributed by atoms with Gasteiger partial charge in [-0.3, -0.25) is 9.69 Å². The maximum Gasteiger partial charge on any atom is 0.254 e. The summed E-state index contributed by atoms with van der Waals surface area (Å²) in [5.41, 5.74) is 6.94. The molecule has 3 aromatic carbocycles. The van der Waals surface area contributed by atoms with E-state index >= 15 is 0 Å². The number of aromatic nitrogens is 1. The Morgan fingerprint density at radius 3 is 2.39 bits per heavy atom. The molecule has 0 spiro atoms. The molecule has 0 atom stereocenters. The maximum atomic E-state index is 13.8. The first-order chi connectivity index (χ1) is 17.5. The zero-order valence-corrected chi connectivity index (χ0v) is 20.7. The van der Waals surface area contributed by atoms with Crippen molar-refractivity contribution in [1.82, 2.24) is 14.8 Å². The van der Waals surface area contributed by atoms with Crippen LogP contribution in [-0.2, 0) is 6.54 Å². The Morgan fingerprint density at radius 2 is 1.58 bits per heavy atom. The van der Waals surface area contributed by atoms with Crippen LogP contribution >= 0.6 is 0 Å². The zero-order valence-electron chi connectivity index (χ0n) is 20.7. The molecule has 182 valence electrons. The quantitative estimate of drug-likeness (QED) is 0.402. The van der Waals surface area contributed by atoms with Gasteiger partial charge in [-0.15, -0.1) is 0 Å². The Hall–Kier alpha value is -3.90. The van der Waals surface area contributed by atoms with Crippen LogP contribution in [0.25, 0.3) is 22.2 Å². The van der Waals surface area contributed by atoms with E-state index in [2.05, 4.69) is 67.3 Å². The van der Waals surface area contributed by atoms with Gasteiger partial charge in [-0.25, -0.2) is 4.98 Å². The molecule has 0 aliphatic carbocycles. The predicted octanol–water partition coefficient (Wildman–Crippen LogP) is 5.21. The van der Waals surface area contributed by atoms with Crippen LogP contribution < -0.4 is 9.47 Å². The monoisotopic (exact) mass is 479 g/mol. The van der Waals surface area contributed by atoms with Crippen molar-refractivity contribution in [3.05, 3.63) is 89.0 Å². The fraction of sp³-hybridized carbons (Fsp3) is 0.267. The second kappa shape index (κ2) is 9.28. The van der Waals surface area contributed by atoms with Gasteiger partial charge in [-0.05, 0) is 49.7 Å². The number of benzene rings is 3. The Labute approximate surface area is 211 Å². The lowest BCUT2D eigenvalue weighted by atomic mass is 10.0. The highest BCUT2D eigenvalue weighted by Crippen LogP contribution is 2.33. The minimum Gasteiger partial charge on any atom is -0.454 e. The molecule has 0 radical (unpaired) electrons. The third-order valence-corrected chi connectivity index (χ3v) is 7.04. The van der Waals surface area contributed by atoms with Crippen molar-refractivity contribution in [1.29, 1.82) is 0 Å². The van der Waals surface area contributed by atoms with Crippen molar-refractivity contribution < 1.29 is 14.3 Å². The summed E-state index contributed by atoms with van der Waals surface area (Å²) in [6, 6.07) is 22.5. The molecule has 0 unspecified atom stereocenters. The van der Waals surface area contributed by atoms with E-state index in [1.807, 2.05) is 23.1 Å². The van der Waals surface area contributed by atoms with E-state index in [1.165, 1.54) is 11.1 Å². The summed E-state index contributed by atoms with van der Waals surface area (Å²) in [4.78, 5) is 23.1. The van der Waals surface area contributed by atoms with Gasteiger partial charge in [0.1, 0.15) is 0 Å². The van der Waals surface area contributed by atoms with Crippen molar-refractivity contribution >= 4 is 16.8 Å². The van der Waals surface area contributed by atoms with E-state index in [1.54, 1.807) is 0 Å². The first-order valence-corrected chi connectivity index (χ1v) is 12.4. The van der Waals surface area contributed by atoms with E-state index < -0.39 is 0 Å². The lowest BCUT2D eigenvalue weighted by Crippen LogP contribution is -2.48. The highest BCUT2D eigenvalue weighted by Gasteiger charge is 2.25. The molecule has 4 aromatic rings. The second-order valence-corrected chi connectivity index (χ2v) is 9.70. The van der Waals surface area contributed by atoms with E-state index in [9.17, 15) is 4.79 Å². The van der Waals surface area contributed by atoms with Crippen LogP contribution in [0.4, 0.5) is 0 Å². The van der Waals surface area contributed by atoms with Gasteiger partial charge in [-0.1, -0.05) is 47.5 Å². The second-order valence-electron chi connectivity index (χ2n) is 9.70. The highest BCUT2D eigenvalue weighted by atomic mass is 16.7. The summed E-state index contributed by atoms with van der Waals surface area (Å²) in [6.07, 6.45) is 0. The molecular formula is C30H29N3O3. The smallest absolute Gasteiger partial charge is 0.254 e. The summed E-state index contributed by atoms with van der Waals surface area (Å²) < 4.78 is 10.9. The van der Waals surface area contributed by atoms with Gasteiger partial charge in [-0.2, -0.15) is 0 Å². The largest absolute Gasteiger partial charge is 0.454 e. The number of piperazine rings is 1. The number of nitrogens with zero attached hydrogens (tertiary/aromatic N) is 3. The Kier molecular flexibility index (Phi) is 5.82. The third kappa shape index (κ3) is 4.40. The van der Waals surface area contributed by atoms with Crippen molar-refractivity contribution in [2.75, 3.05) is 33.0 Å². The number of carbonyl (C=O) groups excluding carboxylic acids is 1.